The number of aromatic nitrogens is 3. The largest absolute Gasteiger partial charge is 0.467 e. The summed E-state index contributed by atoms with van der Waals surface area (Å²) in [6.07, 6.45) is 5.55. The lowest BCUT2D eigenvalue weighted by molar-refractivity contribution is -0.116. The standard InChI is InChI=1S/C16H19N5O2S/c1-23-16-19-13(18-15(20-16)21-8-2-3-9-21)11-17-14(22)7-6-12-5-4-10-24-12/h4-7,10H,2-3,8-9,11H2,1H3,(H,17,22)/b7-6+. The van der Waals surface area contributed by atoms with E-state index in [1.54, 1.807) is 17.4 Å². The quantitative estimate of drug-likeness (QED) is 0.805. The minimum absolute atomic E-state index is 0.189. The molecule has 3 rings (SSSR count). The topological polar surface area (TPSA) is 80.2 Å². The molecule has 1 fully saturated rings. The first-order valence-corrected chi connectivity index (χ1v) is 8.66. The van der Waals surface area contributed by atoms with Crippen LogP contribution in [0.2, 0.25) is 0 Å². The first-order chi connectivity index (χ1) is 11.7. The van der Waals surface area contributed by atoms with Crippen molar-refractivity contribution in [1.29, 1.82) is 0 Å². The van der Waals surface area contributed by atoms with Crippen molar-refractivity contribution in [2.45, 2.75) is 19.4 Å². The number of ether oxygens (including phenoxy) is 1. The summed E-state index contributed by atoms with van der Waals surface area (Å²) < 4.78 is 5.14. The minimum Gasteiger partial charge on any atom is -0.467 e. The van der Waals surface area contributed by atoms with Crippen LogP contribution in [0.5, 0.6) is 6.01 Å². The predicted molar refractivity (Wildman–Crippen MR) is 93.0 cm³/mol. The molecule has 0 unspecified atom stereocenters. The van der Waals surface area contributed by atoms with Crippen molar-refractivity contribution in [2.24, 2.45) is 0 Å². The van der Waals surface area contributed by atoms with Crippen molar-refractivity contribution in [2.75, 3.05) is 25.1 Å². The molecule has 1 amide bonds. The number of rotatable bonds is 6. The van der Waals surface area contributed by atoms with Crippen molar-refractivity contribution in [3.8, 4) is 6.01 Å². The van der Waals surface area contributed by atoms with Crippen molar-refractivity contribution < 1.29 is 9.53 Å². The molecule has 0 spiro atoms. The fraction of sp³-hybridized carbons (Fsp3) is 0.375. The van der Waals surface area contributed by atoms with Crippen LogP contribution < -0.4 is 15.0 Å². The molecule has 3 heterocycles. The average molecular weight is 345 g/mol. The molecule has 24 heavy (non-hydrogen) atoms. The average Bonchev–Trinajstić information content (AvgIpc) is 3.31. The van der Waals surface area contributed by atoms with Gasteiger partial charge >= 0.3 is 6.01 Å². The summed E-state index contributed by atoms with van der Waals surface area (Å²) in [4.78, 5) is 28.0. The minimum atomic E-state index is -0.189. The molecule has 1 N–H and O–H groups in total. The predicted octanol–water partition coefficient (Wildman–Crippen LogP) is 1.87. The van der Waals surface area contributed by atoms with Crippen molar-refractivity contribution in [3.05, 3.63) is 34.3 Å². The maximum absolute atomic E-state index is 11.9. The number of anilines is 1. The molecule has 126 valence electrons. The summed E-state index contributed by atoms with van der Waals surface area (Å²) in [5.74, 6) is 0.907. The number of nitrogens with one attached hydrogen (secondary N) is 1. The Bertz CT molecular complexity index is 711. The molecule has 1 aliphatic heterocycles. The van der Waals surface area contributed by atoms with E-state index >= 15 is 0 Å². The van der Waals surface area contributed by atoms with E-state index in [0.29, 0.717) is 11.8 Å². The molecule has 0 radical (unpaired) electrons. The second-order valence-electron chi connectivity index (χ2n) is 5.30. The molecule has 2 aromatic heterocycles. The van der Waals surface area contributed by atoms with E-state index in [4.69, 9.17) is 4.74 Å². The van der Waals surface area contributed by atoms with Gasteiger partial charge in [-0.3, -0.25) is 4.79 Å². The Morgan fingerprint density at radius 1 is 1.38 bits per heavy atom. The van der Waals surface area contributed by atoms with Gasteiger partial charge in [-0.05, 0) is 30.4 Å². The molecular formula is C16H19N5O2S. The number of carbonyl (C=O) groups excluding carboxylic acids is 1. The van der Waals surface area contributed by atoms with Crippen LogP contribution in [0.1, 0.15) is 23.5 Å². The fourth-order valence-electron chi connectivity index (χ4n) is 2.38. The van der Waals surface area contributed by atoms with E-state index in [9.17, 15) is 4.79 Å². The van der Waals surface area contributed by atoms with Gasteiger partial charge < -0.3 is 15.0 Å². The van der Waals surface area contributed by atoms with E-state index in [1.807, 2.05) is 17.5 Å². The van der Waals surface area contributed by atoms with Crippen LogP contribution in [0.3, 0.4) is 0 Å². The number of thiophene rings is 1. The summed E-state index contributed by atoms with van der Waals surface area (Å²) in [6.45, 7) is 2.10. The molecule has 0 aromatic carbocycles. The third kappa shape index (κ3) is 4.29. The second kappa shape index (κ2) is 7.87. The van der Waals surface area contributed by atoms with Crippen LogP contribution >= 0.6 is 11.3 Å². The Balaban J connectivity index is 1.63. The maximum atomic E-state index is 11.9. The summed E-state index contributed by atoms with van der Waals surface area (Å²) in [6, 6.07) is 4.16. The molecule has 1 saturated heterocycles. The number of hydrogen-bond acceptors (Lipinski definition) is 7. The number of carbonyl (C=O) groups is 1. The zero-order chi connectivity index (χ0) is 16.8. The summed E-state index contributed by atoms with van der Waals surface area (Å²) in [5, 5.41) is 4.75. The highest BCUT2D eigenvalue weighted by atomic mass is 32.1. The van der Waals surface area contributed by atoms with E-state index in [2.05, 4.69) is 25.2 Å². The van der Waals surface area contributed by atoms with E-state index < -0.39 is 0 Å². The van der Waals surface area contributed by atoms with E-state index in [1.165, 1.54) is 13.2 Å². The maximum Gasteiger partial charge on any atom is 0.321 e. The summed E-state index contributed by atoms with van der Waals surface area (Å²) in [5.41, 5.74) is 0. The van der Waals surface area contributed by atoms with E-state index in [-0.39, 0.29) is 18.5 Å². The zero-order valence-corrected chi connectivity index (χ0v) is 14.3. The number of amides is 1. The van der Waals surface area contributed by atoms with Gasteiger partial charge in [0.05, 0.1) is 13.7 Å². The van der Waals surface area contributed by atoms with Gasteiger partial charge in [0.25, 0.3) is 0 Å². The highest BCUT2D eigenvalue weighted by Gasteiger charge is 2.17. The highest BCUT2D eigenvalue weighted by molar-refractivity contribution is 7.10. The third-order valence-electron chi connectivity index (χ3n) is 3.58. The molecule has 0 saturated carbocycles. The van der Waals surface area contributed by atoms with Gasteiger partial charge in [-0.15, -0.1) is 11.3 Å². The monoisotopic (exact) mass is 345 g/mol. The van der Waals surface area contributed by atoms with Gasteiger partial charge in [0.15, 0.2) is 5.82 Å². The van der Waals surface area contributed by atoms with Crippen LogP contribution in [0.15, 0.2) is 23.6 Å². The smallest absolute Gasteiger partial charge is 0.321 e. The fourth-order valence-corrected chi connectivity index (χ4v) is 3.00. The normalized spacial score (nSPS) is 14.3. The Morgan fingerprint density at radius 3 is 2.92 bits per heavy atom. The molecule has 0 bridgehead atoms. The lowest BCUT2D eigenvalue weighted by Crippen LogP contribution is -2.25. The Hall–Kier alpha value is -2.48. The Labute approximate surface area is 144 Å². The van der Waals surface area contributed by atoms with Gasteiger partial charge in [0.2, 0.25) is 11.9 Å². The summed E-state index contributed by atoms with van der Waals surface area (Å²) in [7, 11) is 1.52. The SMILES string of the molecule is COc1nc(CNC(=O)/C=C/c2cccs2)nc(N2CCCC2)n1. The Kier molecular flexibility index (Phi) is 5.37. The van der Waals surface area contributed by atoms with Gasteiger partial charge in [0, 0.05) is 24.0 Å². The molecule has 0 aliphatic carbocycles. The van der Waals surface area contributed by atoms with Gasteiger partial charge in [-0.25, -0.2) is 0 Å². The summed E-state index contributed by atoms with van der Waals surface area (Å²) >= 11 is 1.58. The van der Waals surface area contributed by atoms with Crippen LogP contribution in [0.25, 0.3) is 6.08 Å². The van der Waals surface area contributed by atoms with Crippen molar-refractivity contribution in [3.63, 3.8) is 0 Å². The molecular weight excluding hydrogens is 326 g/mol. The van der Waals surface area contributed by atoms with Gasteiger partial charge in [0.1, 0.15) is 0 Å². The first-order valence-electron chi connectivity index (χ1n) is 7.78. The first kappa shape index (κ1) is 16.4. The third-order valence-corrected chi connectivity index (χ3v) is 4.42. The molecule has 7 nitrogen and oxygen atoms in total. The molecule has 8 heteroatoms. The zero-order valence-electron chi connectivity index (χ0n) is 13.4. The lowest BCUT2D eigenvalue weighted by atomic mass is 10.4. The van der Waals surface area contributed by atoms with Crippen LogP contribution in [-0.4, -0.2) is 41.1 Å². The highest BCUT2D eigenvalue weighted by Crippen LogP contribution is 2.17. The van der Waals surface area contributed by atoms with Crippen molar-refractivity contribution >= 4 is 29.3 Å². The van der Waals surface area contributed by atoms with Gasteiger partial charge in [-0.2, -0.15) is 15.0 Å². The van der Waals surface area contributed by atoms with Crippen molar-refractivity contribution in [1.82, 2.24) is 20.3 Å². The second-order valence-corrected chi connectivity index (χ2v) is 6.28. The van der Waals surface area contributed by atoms with Crippen LogP contribution in [0, 0.1) is 0 Å². The van der Waals surface area contributed by atoms with Gasteiger partial charge in [-0.1, -0.05) is 6.07 Å². The Morgan fingerprint density at radius 2 is 2.21 bits per heavy atom. The molecule has 1 aliphatic rings. The van der Waals surface area contributed by atoms with E-state index in [0.717, 1.165) is 30.8 Å². The number of nitrogens with zero attached hydrogens (tertiary/aromatic N) is 4. The lowest BCUT2D eigenvalue weighted by Gasteiger charge is -2.16. The molecule has 0 atom stereocenters. The number of methoxy groups -OCH3 is 1. The molecule has 2 aromatic rings. The van der Waals surface area contributed by atoms with Crippen LogP contribution in [-0.2, 0) is 11.3 Å². The van der Waals surface area contributed by atoms with Crippen LogP contribution in [0.4, 0.5) is 5.95 Å². The number of hydrogen-bond donors (Lipinski definition) is 1.